The Morgan fingerprint density at radius 2 is 1.95 bits per heavy atom. The molecule has 0 spiro atoms. The van der Waals surface area contributed by atoms with Crippen molar-refractivity contribution in [3.63, 3.8) is 0 Å². The van der Waals surface area contributed by atoms with Crippen LogP contribution in [0, 0.1) is 13.8 Å². The van der Waals surface area contributed by atoms with Gasteiger partial charge in [-0.3, -0.25) is 4.98 Å². The summed E-state index contributed by atoms with van der Waals surface area (Å²) in [6.07, 6.45) is 1.78. The Balaban J connectivity index is 1.90. The third-order valence-electron chi connectivity index (χ3n) is 3.60. The van der Waals surface area contributed by atoms with Gasteiger partial charge in [-0.1, -0.05) is 23.8 Å². The molecule has 0 bridgehead atoms. The van der Waals surface area contributed by atoms with Crippen molar-refractivity contribution in [2.45, 2.75) is 20.5 Å². The number of pyridine rings is 1. The first kappa shape index (κ1) is 13.4. The second kappa shape index (κ2) is 5.44. The lowest BCUT2D eigenvalue weighted by Gasteiger charge is -2.12. The fourth-order valence-corrected chi connectivity index (χ4v) is 2.49. The Morgan fingerprint density at radius 3 is 2.76 bits per heavy atom. The molecule has 2 aromatic carbocycles. The summed E-state index contributed by atoms with van der Waals surface area (Å²) in [5.41, 5.74) is 11.1. The molecule has 0 amide bonds. The predicted octanol–water partition coefficient (Wildman–Crippen LogP) is 4.01. The molecule has 0 saturated carbocycles. The molecular formula is C18H18N2O. The van der Waals surface area contributed by atoms with E-state index in [4.69, 9.17) is 10.5 Å². The smallest absolute Gasteiger partial charge is 0.122 e. The van der Waals surface area contributed by atoms with Crippen LogP contribution >= 0.6 is 0 Å². The third-order valence-corrected chi connectivity index (χ3v) is 3.60. The predicted molar refractivity (Wildman–Crippen MR) is 86.4 cm³/mol. The normalized spacial score (nSPS) is 10.8. The van der Waals surface area contributed by atoms with Crippen LogP contribution in [0.4, 0.5) is 5.69 Å². The van der Waals surface area contributed by atoms with E-state index in [0.717, 1.165) is 33.5 Å². The van der Waals surface area contributed by atoms with Gasteiger partial charge in [0.15, 0.2) is 0 Å². The molecule has 21 heavy (non-hydrogen) atoms. The number of nitrogen functional groups attached to an aromatic ring is 1. The number of ether oxygens (including phenoxy) is 1. The SMILES string of the molecule is Cc1ccc(OCc2ccc(N)c3cccnc23)c(C)c1. The van der Waals surface area contributed by atoms with E-state index in [1.54, 1.807) is 6.20 Å². The van der Waals surface area contributed by atoms with E-state index < -0.39 is 0 Å². The molecule has 3 nitrogen and oxygen atoms in total. The zero-order chi connectivity index (χ0) is 14.8. The molecule has 3 aromatic rings. The summed E-state index contributed by atoms with van der Waals surface area (Å²) in [5.74, 6) is 0.904. The topological polar surface area (TPSA) is 48.1 Å². The van der Waals surface area contributed by atoms with Gasteiger partial charge in [-0.25, -0.2) is 0 Å². The highest BCUT2D eigenvalue weighted by atomic mass is 16.5. The lowest BCUT2D eigenvalue weighted by atomic mass is 10.1. The maximum Gasteiger partial charge on any atom is 0.122 e. The maximum absolute atomic E-state index is 5.99. The second-order valence-electron chi connectivity index (χ2n) is 5.27. The molecule has 1 aromatic heterocycles. The van der Waals surface area contributed by atoms with Crippen LogP contribution in [0.15, 0.2) is 48.7 Å². The minimum atomic E-state index is 0.484. The van der Waals surface area contributed by atoms with Crippen LogP contribution < -0.4 is 10.5 Å². The van der Waals surface area contributed by atoms with Gasteiger partial charge in [-0.15, -0.1) is 0 Å². The van der Waals surface area contributed by atoms with Crippen LogP contribution in [0.2, 0.25) is 0 Å². The molecule has 0 aliphatic rings. The lowest BCUT2D eigenvalue weighted by Crippen LogP contribution is -2.00. The Morgan fingerprint density at radius 1 is 1.10 bits per heavy atom. The van der Waals surface area contributed by atoms with Crippen molar-refractivity contribution in [2.24, 2.45) is 0 Å². The monoisotopic (exact) mass is 278 g/mol. The summed E-state index contributed by atoms with van der Waals surface area (Å²) in [4.78, 5) is 4.43. The molecule has 0 radical (unpaired) electrons. The zero-order valence-corrected chi connectivity index (χ0v) is 12.3. The zero-order valence-electron chi connectivity index (χ0n) is 12.3. The van der Waals surface area contributed by atoms with Crippen LogP contribution in [0.1, 0.15) is 16.7 Å². The summed E-state index contributed by atoms with van der Waals surface area (Å²) < 4.78 is 5.94. The van der Waals surface area contributed by atoms with Crippen molar-refractivity contribution in [1.82, 2.24) is 4.98 Å². The van der Waals surface area contributed by atoms with Crippen molar-refractivity contribution >= 4 is 16.6 Å². The van der Waals surface area contributed by atoms with Crippen molar-refractivity contribution in [3.8, 4) is 5.75 Å². The molecule has 0 aliphatic heterocycles. The largest absolute Gasteiger partial charge is 0.489 e. The van der Waals surface area contributed by atoms with Gasteiger partial charge in [-0.05, 0) is 43.7 Å². The number of hydrogen-bond donors (Lipinski definition) is 1. The quantitative estimate of drug-likeness (QED) is 0.736. The second-order valence-corrected chi connectivity index (χ2v) is 5.27. The maximum atomic E-state index is 5.99. The first-order valence-corrected chi connectivity index (χ1v) is 6.97. The van der Waals surface area contributed by atoms with Gasteiger partial charge in [0.1, 0.15) is 12.4 Å². The Kier molecular flexibility index (Phi) is 3.48. The van der Waals surface area contributed by atoms with Crippen molar-refractivity contribution in [3.05, 3.63) is 65.4 Å². The van der Waals surface area contributed by atoms with Crippen LogP contribution in [0.5, 0.6) is 5.75 Å². The van der Waals surface area contributed by atoms with E-state index in [2.05, 4.69) is 31.0 Å². The highest BCUT2D eigenvalue weighted by molar-refractivity contribution is 5.92. The van der Waals surface area contributed by atoms with Gasteiger partial charge < -0.3 is 10.5 Å². The van der Waals surface area contributed by atoms with Gasteiger partial charge in [0.05, 0.1) is 5.52 Å². The minimum absolute atomic E-state index is 0.484. The first-order valence-electron chi connectivity index (χ1n) is 6.97. The average molecular weight is 278 g/mol. The number of nitrogens with two attached hydrogens (primary N) is 1. The Labute approximate surface area is 124 Å². The number of hydrogen-bond acceptors (Lipinski definition) is 3. The van der Waals surface area contributed by atoms with Gasteiger partial charge >= 0.3 is 0 Å². The van der Waals surface area contributed by atoms with E-state index in [-0.39, 0.29) is 0 Å². The molecule has 3 heteroatoms. The van der Waals surface area contributed by atoms with Crippen LogP contribution in [-0.4, -0.2) is 4.98 Å². The summed E-state index contributed by atoms with van der Waals surface area (Å²) in [6.45, 7) is 4.62. The number of anilines is 1. The highest BCUT2D eigenvalue weighted by Crippen LogP contribution is 2.25. The molecule has 2 N–H and O–H groups in total. The molecule has 0 saturated heterocycles. The molecule has 3 rings (SSSR count). The van der Waals surface area contributed by atoms with Crippen LogP contribution in [0.3, 0.4) is 0 Å². The number of rotatable bonds is 3. The van der Waals surface area contributed by atoms with E-state index in [1.165, 1.54) is 5.56 Å². The van der Waals surface area contributed by atoms with E-state index in [0.29, 0.717) is 6.61 Å². The Hall–Kier alpha value is -2.55. The number of aromatic nitrogens is 1. The van der Waals surface area contributed by atoms with E-state index in [1.807, 2.05) is 30.3 Å². The molecule has 0 unspecified atom stereocenters. The molecule has 0 fully saturated rings. The Bertz CT molecular complexity index is 796. The summed E-state index contributed by atoms with van der Waals surface area (Å²) in [7, 11) is 0. The van der Waals surface area contributed by atoms with E-state index >= 15 is 0 Å². The molecular weight excluding hydrogens is 260 g/mol. The number of aryl methyl sites for hydroxylation is 2. The molecule has 0 atom stereocenters. The van der Waals surface area contributed by atoms with Crippen molar-refractivity contribution in [1.29, 1.82) is 0 Å². The average Bonchev–Trinajstić information content (AvgIpc) is 2.48. The van der Waals surface area contributed by atoms with Gasteiger partial charge in [0.25, 0.3) is 0 Å². The molecule has 106 valence electrons. The standard InChI is InChI=1S/C18H18N2O/c1-12-5-8-17(13(2)10-12)21-11-14-6-7-16(19)15-4-3-9-20-18(14)15/h3-10H,11,19H2,1-2H3. The van der Waals surface area contributed by atoms with Gasteiger partial charge in [0, 0.05) is 22.8 Å². The fraction of sp³-hybridized carbons (Fsp3) is 0.167. The van der Waals surface area contributed by atoms with Crippen molar-refractivity contribution < 1.29 is 4.74 Å². The molecule has 0 aliphatic carbocycles. The molecule has 1 heterocycles. The summed E-state index contributed by atoms with van der Waals surface area (Å²) in [5, 5.41) is 0.972. The van der Waals surface area contributed by atoms with Gasteiger partial charge in [-0.2, -0.15) is 0 Å². The van der Waals surface area contributed by atoms with Crippen LogP contribution in [0.25, 0.3) is 10.9 Å². The lowest BCUT2D eigenvalue weighted by molar-refractivity contribution is 0.305. The van der Waals surface area contributed by atoms with Crippen molar-refractivity contribution in [2.75, 3.05) is 5.73 Å². The number of fused-ring (bicyclic) bond motifs is 1. The highest BCUT2D eigenvalue weighted by Gasteiger charge is 2.07. The summed E-state index contributed by atoms with van der Waals surface area (Å²) in [6, 6.07) is 14.0. The third kappa shape index (κ3) is 2.68. The fourth-order valence-electron chi connectivity index (χ4n) is 2.49. The number of benzene rings is 2. The summed E-state index contributed by atoms with van der Waals surface area (Å²) >= 11 is 0. The first-order chi connectivity index (χ1) is 10.1. The van der Waals surface area contributed by atoms with Crippen LogP contribution in [-0.2, 0) is 6.61 Å². The van der Waals surface area contributed by atoms with Gasteiger partial charge in [0.2, 0.25) is 0 Å². The van der Waals surface area contributed by atoms with E-state index in [9.17, 15) is 0 Å². The number of nitrogens with zero attached hydrogens (tertiary/aromatic N) is 1. The minimum Gasteiger partial charge on any atom is -0.489 e.